The summed E-state index contributed by atoms with van der Waals surface area (Å²) in [6.07, 6.45) is 10.6. The number of hydrazone groups is 1. The Hall–Kier alpha value is -2.08. The number of aromatic amines is 1. The van der Waals surface area contributed by atoms with Crippen LogP contribution < -0.4 is 5.43 Å². The predicted octanol–water partition coefficient (Wildman–Crippen LogP) is 2.74. The lowest BCUT2D eigenvalue weighted by atomic mass is 9.93. The van der Waals surface area contributed by atoms with Crippen molar-refractivity contribution in [2.45, 2.75) is 58.4 Å². The summed E-state index contributed by atoms with van der Waals surface area (Å²) in [6, 6.07) is 0. The number of hydrogen-bond donors (Lipinski definition) is 2. The molecule has 6 nitrogen and oxygen atoms in total. The number of fused-ring (bicyclic) bond motifs is 1. The first-order chi connectivity index (χ1) is 12.8. The molecule has 1 aromatic rings. The third kappa shape index (κ3) is 3.43. The van der Waals surface area contributed by atoms with Crippen molar-refractivity contribution < 1.29 is 9.53 Å². The first-order valence-electron chi connectivity index (χ1n) is 9.94. The molecule has 26 heavy (non-hydrogen) atoms. The van der Waals surface area contributed by atoms with Crippen LogP contribution in [-0.2, 0) is 28.9 Å². The average Bonchev–Trinajstić information content (AvgIpc) is 3.18. The maximum absolute atomic E-state index is 12.2. The zero-order chi connectivity index (χ0) is 17.9. The van der Waals surface area contributed by atoms with Gasteiger partial charge >= 0.3 is 0 Å². The number of amides is 1. The Morgan fingerprint density at radius 2 is 1.96 bits per heavy atom. The van der Waals surface area contributed by atoms with Crippen molar-refractivity contribution in [3.05, 3.63) is 28.1 Å². The van der Waals surface area contributed by atoms with Gasteiger partial charge in [-0.25, -0.2) is 5.43 Å². The Bertz CT molecular complexity index is 741. The third-order valence-electron chi connectivity index (χ3n) is 5.58. The van der Waals surface area contributed by atoms with Gasteiger partial charge in [-0.3, -0.25) is 9.69 Å². The van der Waals surface area contributed by atoms with Crippen LogP contribution in [0.1, 0.15) is 61.5 Å². The summed E-state index contributed by atoms with van der Waals surface area (Å²) in [5, 5.41) is 4.01. The van der Waals surface area contributed by atoms with Crippen LogP contribution in [0, 0.1) is 0 Å². The molecule has 1 aliphatic carbocycles. The lowest BCUT2D eigenvalue weighted by Crippen LogP contribution is -2.29. The summed E-state index contributed by atoms with van der Waals surface area (Å²) in [6.45, 7) is 5.70. The van der Waals surface area contributed by atoms with Crippen molar-refractivity contribution in [1.29, 1.82) is 0 Å². The number of rotatable bonds is 4. The van der Waals surface area contributed by atoms with Gasteiger partial charge in [0.25, 0.3) is 5.91 Å². The van der Waals surface area contributed by atoms with Gasteiger partial charge in [-0.05, 0) is 75.7 Å². The van der Waals surface area contributed by atoms with Crippen molar-refractivity contribution >= 4 is 17.9 Å². The normalized spacial score (nSPS) is 22.3. The van der Waals surface area contributed by atoms with Gasteiger partial charge in [0.05, 0.1) is 6.61 Å². The molecule has 1 amide bonds. The molecule has 2 aliphatic heterocycles. The Morgan fingerprint density at radius 3 is 2.77 bits per heavy atom. The largest absolute Gasteiger partial charge is 0.476 e. The highest BCUT2D eigenvalue weighted by atomic mass is 16.5. The van der Waals surface area contributed by atoms with Crippen LogP contribution >= 0.6 is 0 Å². The number of aromatic nitrogens is 1. The summed E-state index contributed by atoms with van der Waals surface area (Å²) < 4.78 is 5.52. The highest BCUT2D eigenvalue weighted by Gasteiger charge is 2.27. The molecule has 0 bridgehead atoms. The van der Waals surface area contributed by atoms with E-state index in [2.05, 4.69) is 20.4 Å². The molecule has 0 spiro atoms. The molecule has 0 atom stereocenters. The maximum atomic E-state index is 12.2. The number of nitrogens with zero attached hydrogens (tertiary/aromatic N) is 2. The molecule has 1 aromatic heterocycles. The molecule has 3 heterocycles. The van der Waals surface area contributed by atoms with Crippen molar-refractivity contribution in [2.75, 3.05) is 19.7 Å². The van der Waals surface area contributed by atoms with Crippen molar-refractivity contribution in [3.63, 3.8) is 0 Å². The molecule has 0 unspecified atom stereocenters. The molecular weight excluding hydrogens is 328 g/mol. The van der Waals surface area contributed by atoms with Crippen LogP contribution in [0.5, 0.6) is 0 Å². The third-order valence-corrected chi connectivity index (χ3v) is 5.58. The van der Waals surface area contributed by atoms with Gasteiger partial charge in [0, 0.05) is 17.9 Å². The van der Waals surface area contributed by atoms with Gasteiger partial charge in [0.15, 0.2) is 0 Å². The zero-order valence-corrected chi connectivity index (χ0v) is 15.6. The van der Waals surface area contributed by atoms with Crippen LogP contribution in [0.4, 0.5) is 0 Å². The second kappa shape index (κ2) is 7.66. The quantitative estimate of drug-likeness (QED) is 0.815. The zero-order valence-electron chi connectivity index (χ0n) is 15.6. The first kappa shape index (κ1) is 17.3. The van der Waals surface area contributed by atoms with Gasteiger partial charge < -0.3 is 9.72 Å². The Labute approximate surface area is 154 Å². The van der Waals surface area contributed by atoms with Crippen LogP contribution in [0.15, 0.2) is 10.7 Å². The van der Waals surface area contributed by atoms with E-state index in [1.54, 1.807) is 0 Å². The van der Waals surface area contributed by atoms with E-state index in [-0.39, 0.29) is 5.91 Å². The van der Waals surface area contributed by atoms with Crippen LogP contribution in [0.25, 0.3) is 6.08 Å². The van der Waals surface area contributed by atoms with E-state index < -0.39 is 0 Å². The van der Waals surface area contributed by atoms with Crippen molar-refractivity contribution in [1.82, 2.24) is 15.3 Å². The summed E-state index contributed by atoms with van der Waals surface area (Å²) in [7, 11) is 0. The molecular formula is C20H28N4O2. The monoisotopic (exact) mass is 356 g/mol. The van der Waals surface area contributed by atoms with E-state index in [1.807, 2.05) is 13.0 Å². The number of nitrogens with one attached hydrogen (secondary N) is 2. The van der Waals surface area contributed by atoms with Gasteiger partial charge in [0.2, 0.25) is 5.90 Å². The second-order valence-corrected chi connectivity index (χ2v) is 7.37. The Kier molecular flexibility index (Phi) is 5.11. The topological polar surface area (TPSA) is 69.7 Å². The van der Waals surface area contributed by atoms with Gasteiger partial charge in [0.1, 0.15) is 5.57 Å². The smallest absolute Gasteiger partial charge is 0.277 e. The molecule has 0 aromatic carbocycles. The summed E-state index contributed by atoms with van der Waals surface area (Å²) >= 11 is 0. The second-order valence-electron chi connectivity index (χ2n) is 7.37. The van der Waals surface area contributed by atoms with Crippen LogP contribution in [0.3, 0.4) is 0 Å². The number of likely N-dealkylation sites (tertiary alicyclic amines) is 1. The minimum atomic E-state index is -0.190. The van der Waals surface area contributed by atoms with Gasteiger partial charge in [-0.1, -0.05) is 6.42 Å². The fourth-order valence-electron chi connectivity index (χ4n) is 4.26. The van der Waals surface area contributed by atoms with E-state index in [0.29, 0.717) is 18.1 Å². The van der Waals surface area contributed by atoms with E-state index >= 15 is 0 Å². The fourth-order valence-corrected chi connectivity index (χ4v) is 4.26. The average molecular weight is 356 g/mol. The lowest BCUT2D eigenvalue weighted by molar-refractivity contribution is -0.116. The van der Waals surface area contributed by atoms with Crippen molar-refractivity contribution in [3.8, 4) is 0 Å². The summed E-state index contributed by atoms with van der Waals surface area (Å²) in [5.74, 6) is 0.207. The fraction of sp³-hybridized carbons (Fsp3) is 0.600. The van der Waals surface area contributed by atoms with E-state index in [9.17, 15) is 4.79 Å². The minimum absolute atomic E-state index is 0.190. The number of carbonyl (C=O) groups excluding carboxylic acids is 1. The van der Waals surface area contributed by atoms with Crippen LogP contribution in [-0.4, -0.2) is 41.4 Å². The van der Waals surface area contributed by atoms with Gasteiger partial charge in [-0.2, -0.15) is 0 Å². The van der Waals surface area contributed by atoms with Gasteiger partial charge in [-0.15, -0.1) is 5.10 Å². The van der Waals surface area contributed by atoms with Crippen LogP contribution in [0.2, 0.25) is 0 Å². The highest BCUT2D eigenvalue weighted by Crippen LogP contribution is 2.30. The first-order valence-corrected chi connectivity index (χ1v) is 9.94. The summed E-state index contributed by atoms with van der Waals surface area (Å²) in [4.78, 5) is 18.4. The number of hydrogen-bond acceptors (Lipinski definition) is 4. The maximum Gasteiger partial charge on any atom is 0.277 e. The SMILES string of the molecule is CCOC1=NNC(=O)C1=Cc1[nH]c2c(c1CN1CCCCC1)CCCC2. The van der Waals surface area contributed by atoms with E-state index in [0.717, 1.165) is 25.1 Å². The molecule has 140 valence electrons. The minimum Gasteiger partial charge on any atom is -0.476 e. The number of piperidine rings is 1. The Morgan fingerprint density at radius 1 is 1.15 bits per heavy atom. The molecule has 1 fully saturated rings. The molecule has 6 heteroatoms. The number of aryl methyl sites for hydroxylation is 1. The van der Waals surface area contributed by atoms with Crippen molar-refractivity contribution in [2.24, 2.45) is 5.10 Å². The number of carbonyl (C=O) groups is 1. The standard InChI is InChI=1S/C20H28N4O2/c1-2-26-20-15(19(25)22-23-20)12-18-16(13-24-10-6-3-7-11-24)14-8-4-5-9-17(14)21-18/h12,21H,2-11,13H2,1H3,(H,22,25). The molecule has 4 rings (SSSR count). The van der Waals surface area contributed by atoms with E-state index in [1.165, 1.54) is 62.0 Å². The van der Waals surface area contributed by atoms with E-state index in [4.69, 9.17) is 4.74 Å². The predicted molar refractivity (Wildman–Crippen MR) is 102 cm³/mol. The molecule has 3 aliphatic rings. The Balaban J connectivity index is 1.68. The molecule has 0 saturated carbocycles. The number of ether oxygens (including phenoxy) is 1. The number of H-pyrrole nitrogens is 1. The molecule has 1 saturated heterocycles. The summed E-state index contributed by atoms with van der Waals surface area (Å²) in [5.41, 5.74) is 8.28. The molecule has 2 N–H and O–H groups in total. The highest BCUT2D eigenvalue weighted by molar-refractivity contribution is 6.24. The lowest BCUT2D eigenvalue weighted by Gasteiger charge is -2.27. The molecule has 0 radical (unpaired) electrons.